The number of hydrogen-bond donors (Lipinski definition) is 2. The molecule has 0 aromatic heterocycles. The van der Waals surface area contributed by atoms with E-state index in [1.165, 1.54) is 6.08 Å². The number of carbonyl (C=O) groups is 1. The van der Waals surface area contributed by atoms with Crippen molar-refractivity contribution < 1.29 is 4.79 Å². The molecule has 0 aliphatic carbocycles. The van der Waals surface area contributed by atoms with Crippen molar-refractivity contribution in [3.05, 3.63) is 63.7 Å². The van der Waals surface area contributed by atoms with Crippen LogP contribution in [0.5, 0.6) is 0 Å². The van der Waals surface area contributed by atoms with Gasteiger partial charge in [0.05, 0.1) is 0 Å². The Morgan fingerprint density at radius 3 is 2.58 bits per heavy atom. The van der Waals surface area contributed by atoms with Gasteiger partial charge in [0.15, 0.2) is 0 Å². The Bertz CT molecular complexity index is 606. The molecule has 0 aliphatic rings. The number of hydrogen-bond acceptors (Lipinski definition) is 2. The van der Waals surface area contributed by atoms with Gasteiger partial charge in [-0.25, -0.2) is 0 Å². The second-order valence-corrected chi connectivity index (χ2v) is 5.25. The molecule has 3 nitrogen and oxygen atoms in total. The van der Waals surface area contributed by atoms with Crippen molar-refractivity contribution in [3.63, 3.8) is 0 Å². The third-order valence-electron chi connectivity index (χ3n) is 2.46. The zero-order valence-corrected chi connectivity index (χ0v) is 12.3. The molecule has 0 radical (unpaired) electrons. The zero-order valence-electron chi connectivity index (χ0n) is 10.1. The molecule has 1 amide bonds. The monoisotopic (exact) mass is 364 g/mol. The maximum atomic E-state index is 11.7. The average molecular weight is 364 g/mol. The van der Waals surface area contributed by atoms with Crippen LogP contribution in [0, 0.1) is 3.57 Å². The Balaban J connectivity index is 1.99. The lowest BCUT2D eigenvalue weighted by Gasteiger charge is -2.02. The molecule has 96 valence electrons. The van der Waals surface area contributed by atoms with E-state index in [1.807, 2.05) is 36.4 Å². The quantitative estimate of drug-likeness (QED) is 0.498. The zero-order chi connectivity index (χ0) is 13.7. The Morgan fingerprint density at radius 2 is 1.89 bits per heavy atom. The maximum absolute atomic E-state index is 11.7. The fraction of sp³-hybridized carbons (Fsp3) is 0. The number of halogens is 1. The second-order valence-electron chi connectivity index (χ2n) is 4.00. The number of benzene rings is 2. The molecule has 0 saturated carbocycles. The van der Waals surface area contributed by atoms with E-state index in [1.54, 1.807) is 18.2 Å². The lowest BCUT2D eigenvalue weighted by molar-refractivity contribution is -0.111. The summed E-state index contributed by atoms with van der Waals surface area (Å²) >= 11 is 2.20. The van der Waals surface area contributed by atoms with Crippen molar-refractivity contribution in [1.29, 1.82) is 0 Å². The minimum atomic E-state index is -0.154. The van der Waals surface area contributed by atoms with Crippen LogP contribution in [0.15, 0.2) is 54.6 Å². The van der Waals surface area contributed by atoms with E-state index in [0.717, 1.165) is 14.8 Å². The van der Waals surface area contributed by atoms with Crippen LogP contribution in [-0.4, -0.2) is 5.91 Å². The van der Waals surface area contributed by atoms with E-state index in [9.17, 15) is 4.79 Å². The van der Waals surface area contributed by atoms with Crippen LogP contribution in [0.3, 0.4) is 0 Å². The maximum Gasteiger partial charge on any atom is 0.248 e. The number of nitrogen functional groups attached to an aromatic ring is 1. The van der Waals surface area contributed by atoms with Crippen molar-refractivity contribution in [2.75, 3.05) is 11.1 Å². The summed E-state index contributed by atoms with van der Waals surface area (Å²) in [5, 5.41) is 2.81. The number of amides is 1. The first-order valence-corrected chi connectivity index (χ1v) is 6.81. The van der Waals surface area contributed by atoms with E-state index in [-0.39, 0.29) is 5.91 Å². The van der Waals surface area contributed by atoms with Gasteiger partial charge in [0, 0.05) is 21.0 Å². The summed E-state index contributed by atoms with van der Waals surface area (Å²) in [5.74, 6) is -0.154. The first kappa shape index (κ1) is 13.6. The molecule has 0 heterocycles. The molecule has 2 aromatic rings. The molecule has 2 aromatic carbocycles. The summed E-state index contributed by atoms with van der Waals surface area (Å²) in [4.78, 5) is 11.7. The van der Waals surface area contributed by atoms with Crippen molar-refractivity contribution in [2.24, 2.45) is 0 Å². The van der Waals surface area contributed by atoms with Crippen molar-refractivity contribution in [3.8, 4) is 0 Å². The molecular formula is C15H13IN2O. The highest BCUT2D eigenvalue weighted by Crippen LogP contribution is 2.12. The van der Waals surface area contributed by atoms with E-state index in [2.05, 4.69) is 27.9 Å². The normalized spacial score (nSPS) is 10.6. The fourth-order valence-corrected chi connectivity index (χ4v) is 2.07. The Hall–Kier alpha value is -1.82. The minimum Gasteiger partial charge on any atom is -0.399 e. The number of anilines is 2. The lowest BCUT2D eigenvalue weighted by atomic mass is 10.2. The molecular weight excluding hydrogens is 351 g/mol. The van der Waals surface area contributed by atoms with Gasteiger partial charge in [-0.3, -0.25) is 4.79 Å². The number of carbonyl (C=O) groups excluding carboxylic acids is 1. The highest BCUT2D eigenvalue weighted by Gasteiger charge is 1.98. The van der Waals surface area contributed by atoms with E-state index in [4.69, 9.17) is 5.73 Å². The first-order valence-electron chi connectivity index (χ1n) is 5.74. The summed E-state index contributed by atoms with van der Waals surface area (Å²) in [7, 11) is 0. The molecule has 0 fully saturated rings. The van der Waals surface area contributed by atoms with Crippen molar-refractivity contribution in [1.82, 2.24) is 0 Å². The number of nitrogens with one attached hydrogen (secondary N) is 1. The molecule has 0 aliphatic heterocycles. The van der Waals surface area contributed by atoms with Gasteiger partial charge >= 0.3 is 0 Å². The molecule has 0 atom stereocenters. The lowest BCUT2D eigenvalue weighted by Crippen LogP contribution is -2.07. The van der Waals surface area contributed by atoms with Gasteiger partial charge in [-0.15, -0.1) is 0 Å². The van der Waals surface area contributed by atoms with Gasteiger partial charge in [-0.2, -0.15) is 0 Å². The van der Waals surface area contributed by atoms with E-state index < -0.39 is 0 Å². The van der Waals surface area contributed by atoms with Crippen molar-refractivity contribution in [2.45, 2.75) is 0 Å². The minimum absolute atomic E-state index is 0.154. The number of rotatable bonds is 3. The standard InChI is InChI=1S/C15H13IN2O/c16-12-2-1-3-14(10-12)18-15(19)9-6-11-4-7-13(17)8-5-11/h1-10H,17H2,(H,18,19)/b9-6+. The largest absolute Gasteiger partial charge is 0.399 e. The fourth-order valence-electron chi connectivity index (χ4n) is 1.53. The third kappa shape index (κ3) is 4.40. The van der Waals surface area contributed by atoms with Gasteiger partial charge in [-0.05, 0) is 64.6 Å². The molecule has 0 saturated heterocycles. The van der Waals surface area contributed by atoms with Crippen LogP contribution in [0.4, 0.5) is 11.4 Å². The molecule has 3 N–H and O–H groups in total. The van der Waals surface area contributed by atoms with Crippen LogP contribution in [-0.2, 0) is 4.79 Å². The Labute approximate surface area is 125 Å². The average Bonchev–Trinajstić information content (AvgIpc) is 2.38. The Morgan fingerprint density at radius 1 is 1.16 bits per heavy atom. The SMILES string of the molecule is Nc1ccc(/C=C/C(=O)Nc2cccc(I)c2)cc1. The number of nitrogens with two attached hydrogens (primary N) is 1. The van der Waals surface area contributed by atoms with Gasteiger partial charge in [-0.1, -0.05) is 18.2 Å². The van der Waals surface area contributed by atoms with Crippen molar-refractivity contribution >= 4 is 45.9 Å². The summed E-state index contributed by atoms with van der Waals surface area (Å²) < 4.78 is 1.08. The summed E-state index contributed by atoms with van der Waals surface area (Å²) in [6.45, 7) is 0. The highest BCUT2D eigenvalue weighted by molar-refractivity contribution is 14.1. The van der Waals surface area contributed by atoms with Crippen LogP contribution in [0.25, 0.3) is 6.08 Å². The first-order chi connectivity index (χ1) is 9.13. The van der Waals surface area contributed by atoms with Gasteiger partial charge < -0.3 is 11.1 Å². The second kappa shape index (κ2) is 6.38. The molecule has 4 heteroatoms. The van der Waals surface area contributed by atoms with Crippen LogP contribution in [0.1, 0.15) is 5.56 Å². The van der Waals surface area contributed by atoms with E-state index in [0.29, 0.717) is 5.69 Å². The molecule has 2 rings (SSSR count). The topological polar surface area (TPSA) is 55.1 Å². The summed E-state index contributed by atoms with van der Waals surface area (Å²) in [6, 6.07) is 15.0. The predicted molar refractivity (Wildman–Crippen MR) is 87.7 cm³/mol. The molecule has 0 bridgehead atoms. The summed E-state index contributed by atoms with van der Waals surface area (Å²) in [6.07, 6.45) is 3.26. The predicted octanol–water partition coefficient (Wildman–Crippen LogP) is 3.53. The molecule has 0 unspecified atom stereocenters. The Kier molecular flexibility index (Phi) is 4.57. The smallest absolute Gasteiger partial charge is 0.248 e. The van der Waals surface area contributed by atoms with E-state index >= 15 is 0 Å². The highest BCUT2D eigenvalue weighted by atomic mass is 127. The summed E-state index contributed by atoms with van der Waals surface area (Å²) in [5.41, 5.74) is 8.03. The van der Waals surface area contributed by atoms with Gasteiger partial charge in [0.25, 0.3) is 0 Å². The third-order valence-corrected chi connectivity index (χ3v) is 3.13. The van der Waals surface area contributed by atoms with Gasteiger partial charge in [0.1, 0.15) is 0 Å². The molecule has 19 heavy (non-hydrogen) atoms. The van der Waals surface area contributed by atoms with Crippen LogP contribution >= 0.6 is 22.6 Å². The van der Waals surface area contributed by atoms with Gasteiger partial charge in [0.2, 0.25) is 5.91 Å². The van der Waals surface area contributed by atoms with Crippen LogP contribution < -0.4 is 11.1 Å². The van der Waals surface area contributed by atoms with Crippen LogP contribution in [0.2, 0.25) is 0 Å². The molecule has 0 spiro atoms.